The molecule has 5 rings (SSSR count). The number of nitrogens with zero attached hydrogens (tertiary/aromatic N) is 3. The van der Waals surface area contributed by atoms with E-state index in [-0.39, 0.29) is 18.4 Å². The zero-order valence-corrected chi connectivity index (χ0v) is 23.3. The Labute approximate surface area is 237 Å². The fourth-order valence-electron chi connectivity index (χ4n) is 5.22. The van der Waals surface area contributed by atoms with Crippen LogP contribution in [-0.2, 0) is 12.7 Å². The van der Waals surface area contributed by atoms with Crippen molar-refractivity contribution >= 4 is 34.1 Å². The Balaban J connectivity index is 1.44. The first-order valence-electron chi connectivity index (χ1n) is 13.7. The lowest BCUT2D eigenvalue weighted by atomic mass is 9.99. The molecule has 0 spiro atoms. The highest BCUT2D eigenvalue weighted by atomic mass is 19.4. The number of carbonyl (C=O) groups excluding carboxylic acids is 2. The van der Waals surface area contributed by atoms with Crippen LogP contribution in [0.4, 0.5) is 24.5 Å². The van der Waals surface area contributed by atoms with Gasteiger partial charge in [-0.15, -0.1) is 0 Å². The van der Waals surface area contributed by atoms with Crippen LogP contribution in [0.1, 0.15) is 51.7 Å². The van der Waals surface area contributed by atoms with Crippen molar-refractivity contribution in [2.75, 3.05) is 37.4 Å². The van der Waals surface area contributed by atoms with E-state index in [0.29, 0.717) is 33.4 Å². The molecule has 1 fully saturated rings. The second-order valence-electron chi connectivity index (χ2n) is 11.0. The number of carbonyl (C=O) groups is 2. The highest BCUT2D eigenvalue weighted by Crippen LogP contribution is 2.30. The molecule has 0 aliphatic carbocycles. The third-order valence-electron chi connectivity index (χ3n) is 7.68. The van der Waals surface area contributed by atoms with Gasteiger partial charge >= 0.3 is 6.18 Å². The van der Waals surface area contributed by atoms with Gasteiger partial charge in [0.25, 0.3) is 11.8 Å². The van der Waals surface area contributed by atoms with Gasteiger partial charge in [-0.25, -0.2) is 0 Å². The van der Waals surface area contributed by atoms with Gasteiger partial charge in [0, 0.05) is 61.6 Å². The van der Waals surface area contributed by atoms with E-state index in [0.717, 1.165) is 49.7 Å². The van der Waals surface area contributed by atoms with E-state index in [4.69, 9.17) is 0 Å². The van der Waals surface area contributed by atoms with Crippen molar-refractivity contribution in [2.45, 2.75) is 32.5 Å². The second-order valence-corrected chi connectivity index (χ2v) is 11.0. The number of alkyl halides is 3. The third kappa shape index (κ3) is 6.24. The Bertz CT molecular complexity index is 1550. The fraction of sp³-hybridized carbons (Fsp3) is 0.312. The molecule has 0 radical (unpaired) electrons. The van der Waals surface area contributed by atoms with Crippen LogP contribution in [0, 0.1) is 5.92 Å². The number of anilines is 2. The molecular formula is C32H33F3N4O2. The first-order valence-corrected chi connectivity index (χ1v) is 13.7. The molecule has 9 heteroatoms. The van der Waals surface area contributed by atoms with E-state index in [1.54, 1.807) is 42.9 Å². The number of benzene rings is 3. The molecule has 1 saturated heterocycles. The van der Waals surface area contributed by atoms with E-state index in [2.05, 4.69) is 17.1 Å². The zero-order chi connectivity index (χ0) is 29.3. The Morgan fingerprint density at radius 3 is 2.20 bits per heavy atom. The molecule has 1 aliphatic heterocycles. The fourth-order valence-corrected chi connectivity index (χ4v) is 5.22. The average molecular weight is 563 g/mol. The number of piperidine rings is 1. The minimum absolute atomic E-state index is 0.170. The van der Waals surface area contributed by atoms with Gasteiger partial charge in [0.2, 0.25) is 0 Å². The Kier molecular flexibility index (Phi) is 7.80. The van der Waals surface area contributed by atoms with E-state index in [1.807, 2.05) is 24.3 Å². The molecule has 1 aromatic heterocycles. The monoisotopic (exact) mass is 562 g/mol. The highest BCUT2D eigenvalue weighted by Gasteiger charge is 2.30. The smallest absolute Gasteiger partial charge is 0.372 e. The Morgan fingerprint density at radius 1 is 0.927 bits per heavy atom. The van der Waals surface area contributed by atoms with Crippen LogP contribution in [-0.4, -0.2) is 48.5 Å². The summed E-state index contributed by atoms with van der Waals surface area (Å²) in [7, 11) is 3.33. The molecule has 41 heavy (non-hydrogen) atoms. The average Bonchev–Trinajstić information content (AvgIpc) is 3.31. The van der Waals surface area contributed by atoms with Crippen molar-refractivity contribution in [1.29, 1.82) is 0 Å². The van der Waals surface area contributed by atoms with Crippen LogP contribution < -0.4 is 10.2 Å². The number of halogens is 3. The number of hydrogen-bond donors (Lipinski definition) is 1. The number of nitrogens with one attached hydrogen (secondary N) is 1. The van der Waals surface area contributed by atoms with Crippen LogP contribution >= 0.6 is 0 Å². The summed E-state index contributed by atoms with van der Waals surface area (Å²) in [6.45, 7) is 4.47. The van der Waals surface area contributed by atoms with Gasteiger partial charge in [0.05, 0.1) is 5.56 Å². The molecule has 2 amide bonds. The molecule has 0 bridgehead atoms. The molecule has 0 atom stereocenters. The lowest BCUT2D eigenvalue weighted by Gasteiger charge is -2.32. The zero-order valence-electron chi connectivity index (χ0n) is 23.3. The van der Waals surface area contributed by atoms with Crippen molar-refractivity contribution in [3.63, 3.8) is 0 Å². The molecule has 4 aromatic rings. The SMILES string of the molecule is CC1CCN(c2ccc(NC(=O)c3cc4cc(C(=O)N(C)C)ccc4n3Cc3ccc(C(F)(F)F)cc3)cc2)CC1. The van der Waals surface area contributed by atoms with Gasteiger partial charge < -0.3 is 19.7 Å². The summed E-state index contributed by atoms with van der Waals surface area (Å²) in [6, 6.07) is 19.6. The minimum Gasteiger partial charge on any atom is -0.372 e. The molecule has 1 N–H and O–H groups in total. The third-order valence-corrected chi connectivity index (χ3v) is 7.68. The van der Waals surface area contributed by atoms with Crippen molar-refractivity contribution < 1.29 is 22.8 Å². The van der Waals surface area contributed by atoms with Gasteiger partial charge in [0.15, 0.2) is 0 Å². The lowest BCUT2D eigenvalue weighted by Crippen LogP contribution is -2.32. The summed E-state index contributed by atoms with van der Waals surface area (Å²) in [5.41, 5.74) is 3.14. The maximum absolute atomic E-state index is 13.6. The largest absolute Gasteiger partial charge is 0.416 e. The number of aromatic nitrogens is 1. The summed E-state index contributed by atoms with van der Waals surface area (Å²) in [5.74, 6) is 0.209. The molecule has 2 heterocycles. The predicted molar refractivity (Wildman–Crippen MR) is 156 cm³/mol. The van der Waals surface area contributed by atoms with Crippen molar-refractivity contribution in [3.05, 3.63) is 95.2 Å². The van der Waals surface area contributed by atoms with Crippen LogP contribution in [0.5, 0.6) is 0 Å². The lowest BCUT2D eigenvalue weighted by molar-refractivity contribution is -0.137. The summed E-state index contributed by atoms with van der Waals surface area (Å²) in [5, 5.41) is 3.65. The van der Waals surface area contributed by atoms with Gasteiger partial charge in [-0.3, -0.25) is 9.59 Å². The van der Waals surface area contributed by atoms with Gasteiger partial charge in [0.1, 0.15) is 5.69 Å². The number of fused-ring (bicyclic) bond motifs is 1. The standard InChI is InChI=1S/C32H33F3N4O2/c1-21-14-16-38(17-15-21)27-11-9-26(10-12-27)36-30(40)29-19-24-18-23(31(41)37(2)3)6-13-28(24)39(29)20-22-4-7-25(8-5-22)32(33,34)35/h4-13,18-19,21H,14-17,20H2,1-3H3,(H,36,40). The van der Waals surface area contributed by atoms with E-state index in [1.165, 1.54) is 17.0 Å². The predicted octanol–water partition coefficient (Wildman–Crippen LogP) is 6.90. The molecular weight excluding hydrogens is 529 g/mol. The van der Waals surface area contributed by atoms with Crippen LogP contribution in [0.25, 0.3) is 10.9 Å². The number of amides is 2. The maximum atomic E-state index is 13.6. The molecule has 0 unspecified atom stereocenters. The summed E-state index contributed by atoms with van der Waals surface area (Å²) >= 11 is 0. The van der Waals surface area contributed by atoms with Gasteiger partial charge in [-0.05, 0) is 85.0 Å². The summed E-state index contributed by atoms with van der Waals surface area (Å²) in [6.07, 6.45) is -2.12. The Hall–Kier alpha value is -4.27. The van der Waals surface area contributed by atoms with Crippen LogP contribution in [0.3, 0.4) is 0 Å². The van der Waals surface area contributed by atoms with Crippen molar-refractivity contribution in [1.82, 2.24) is 9.47 Å². The summed E-state index contributed by atoms with van der Waals surface area (Å²) < 4.78 is 41.1. The molecule has 3 aromatic carbocycles. The maximum Gasteiger partial charge on any atom is 0.416 e. The van der Waals surface area contributed by atoms with E-state index >= 15 is 0 Å². The van der Waals surface area contributed by atoms with Crippen LogP contribution in [0.2, 0.25) is 0 Å². The van der Waals surface area contributed by atoms with Crippen molar-refractivity contribution in [2.24, 2.45) is 5.92 Å². The van der Waals surface area contributed by atoms with Crippen molar-refractivity contribution in [3.8, 4) is 0 Å². The second kappa shape index (κ2) is 11.3. The summed E-state index contributed by atoms with van der Waals surface area (Å²) in [4.78, 5) is 29.9. The van der Waals surface area contributed by atoms with E-state index < -0.39 is 11.7 Å². The normalized spacial score (nSPS) is 14.3. The number of rotatable bonds is 6. The van der Waals surface area contributed by atoms with Crippen LogP contribution in [0.15, 0.2) is 72.8 Å². The number of hydrogen-bond acceptors (Lipinski definition) is 3. The minimum atomic E-state index is -4.43. The topological polar surface area (TPSA) is 57.6 Å². The quantitative estimate of drug-likeness (QED) is 0.278. The van der Waals surface area contributed by atoms with Gasteiger partial charge in [-0.1, -0.05) is 19.1 Å². The highest BCUT2D eigenvalue weighted by molar-refractivity contribution is 6.07. The molecule has 6 nitrogen and oxygen atoms in total. The molecule has 1 aliphatic rings. The first-order chi connectivity index (χ1) is 19.5. The molecule has 0 saturated carbocycles. The van der Waals surface area contributed by atoms with Gasteiger partial charge in [-0.2, -0.15) is 13.2 Å². The first kappa shape index (κ1) is 28.3. The molecule has 214 valence electrons. The van der Waals surface area contributed by atoms with E-state index in [9.17, 15) is 22.8 Å². The Morgan fingerprint density at radius 2 is 1.59 bits per heavy atom.